The van der Waals surface area contributed by atoms with Crippen LogP contribution >= 0.6 is 7.14 Å². The molecule has 4 aromatic rings. The smallest absolute Gasteiger partial charge is 0.319 e. The minimum absolute atomic E-state index is 0.00185. The van der Waals surface area contributed by atoms with Crippen LogP contribution in [0.3, 0.4) is 0 Å². The van der Waals surface area contributed by atoms with Gasteiger partial charge in [0.2, 0.25) is 0 Å². The number of halogens is 3. The number of nitrogens with zero attached hydrogens (tertiary/aromatic N) is 4. The second kappa shape index (κ2) is 11.5. The van der Waals surface area contributed by atoms with E-state index in [4.69, 9.17) is 16.1 Å². The fourth-order valence-corrected chi connectivity index (χ4v) is 9.24. The number of piperidine rings is 1. The quantitative estimate of drug-likeness (QED) is 0.179. The van der Waals surface area contributed by atoms with Gasteiger partial charge in [-0.2, -0.15) is 9.97 Å². The van der Waals surface area contributed by atoms with Crippen molar-refractivity contribution < 1.29 is 27.6 Å². The zero-order chi connectivity index (χ0) is 32.4. The van der Waals surface area contributed by atoms with Crippen LogP contribution in [0.15, 0.2) is 36.4 Å². The van der Waals surface area contributed by atoms with Crippen LogP contribution in [0.4, 0.5) is 19.0 Å². The van der Waals surface area contributed by atoms with Gasteiger partial charge in [-0.25, -0.2) is 13.2 Å². The Morgan fingerprint density at radius 3 is 2.63 bits per heavy atom. The Labute approximate surface area is 266 Å². The molecule has 0 radical (unpaired) electrons. The van der Waals surface area contributed by atoms with Crippen LogP contribution in [-0.2, 0) is 4.57 Å². The predicted molar refractivity (Wildman–Crippen MR) is 175 cm³/mol. The number of phenolic OH excluding ortho intramolecular Hbond substituents is 1. The Kier molecular flexibility index (Phi) is 7.69. The average Bonchev–Trinajstić information content (AvgIpc) is 3.55. The first-order valence-electron chi connectivity index (χ1n) is 15.7. The van der Waals surface area contributed by atoms with Crippen LogP contribution in [0.2, 0.25) is 0 Å². The summed E-state index contributed by atoms with van der Waals surface area (Å²) >= 11 is 0. The van der Waals surface area contributed by atoms with E-state index in [0.717, 1.165) is 19.4 Å². The lowest BCUT2D eigenvalue weighted by Crippen LogP contribution is -2.43. The molecule has 11 heteroatoms. The van der Waals surface area contributed by atoms with Gasteiger partial charge in [0.15, 0.2) is 5.82 Å². The predicted octanol–water partition coefficient (Wildman–Crippen LogP) is 6.96. The molecule has 0 amide bonds. The van der Waals surface area contributed by atoms with Crippen molar-refractivity contribution in [3.63, 3.8) is 0 Å². The highest BCUT2D eigenvalue weighted by Gasteiger charge is 2.49. The van der Waals surface area contributed by atoms with Crippen LogP contribution in [-0.4, -0.2) is 83.5 Å². The lowest BCUT2D eigenvalue weighted by Gasteiger charge is -2.35. The Hall–Kier alpha value is -3.80. The molecule has 3 aliphatic heterocycles. The monoisotopic (exact) mass is 648 g/mol. The molecule has 7 rings (SSSR count). The van der Waals surface area contributed by atoms with E-state index >= 15 is 4.39 Å². The maximum atomic E-state index is 16.8. The SMILES string of the molecule is C#Cc1c(F)ccc2cc(O)cc(-c3ccc4c(N5CCC(P(C)(C)=O)CC5)nc(OCC56CCCN5CC(F)C6)nc4c3F)c12. The second-order valence-corrected chi connectivity index (χ2v) is 16.9. The number of hydrogen-bond acceptors (Lipinski definition) is 7. The van der Waals surface area contributed by atoms with Gasteiger partial charge >= 0.3 is 6.01 Å². The van der Waals surface area contributed by atoms with Crippen LogP contribution in [0.1, 0.15) is 37.7 Å². The minimum Gasteiger partial charge on any atom is -0.508 e. The van der Waals surface area contributed by atoms with Crippen molar-refractivity contribution in [2.45, 2.75) is 49.5 Å². The third-order valence-electron chi connectivity index (χ3n) is 10.1. The summed E-state index contributed by atoms with van der Waals surface area (Å²) in [4.78, 5) is 13.5. The number of ether oxygens (including phenoxy) is 1. The first-order chi connectivity index (χ1) is 22.0. The van der Waals surface area contributed by atoms with Crippen molar-refractivity contribution in [3.8, 4) is 35.2 Å². The molecule has 0 spiro atoms. The molecule has 46 heavy (non-hydrogen) atoms. The van der Waals surface area contributed by atoms with Gasteiger partial charge in [-0.05, 0) is 80.8 Å². The van der Waals surface area contributed by atoms with Crippen molar-refractivity contribution in [2.75, 3.05) is 51.0 Å². The van der Waals surface area contributed by atoms with Crippen molar-refractivity contribution >= 4 is 34.6 Å². The van der Waals surface area contributed by atoms with E-state index in [1.165, 1.54) is 24.3 Å². The fourth-order valence-electron chi connectivity index (χ4n) is 7.76. The first kappa shape index (κ1) is 30.8. The molecule has 240 valence electrons. The van der Waals surface area contributed by atoms with Gasteiger partial charge in [-0.3, -0.25) is 4.90 Å². The summed E-state index contributed by atoms with van der Waals surface area (Å²) in [5, 5.41) is 11.8. The normalized spacial score (nSPS) is 22.4. The molecule has 1 aromatic heterocycles. The molecule has 3 saturated heterocycles. The van der Waals surface area contributed by atoms with Crippen LogP contribution in [0.25, 0.3) is 32.8 Å². The van der Waals surface area contributed by atoms with E-state index in [1.807, 2.05) is 18.2 Å². The third-order valence-corrected chi connectivity index (χ3v) is 12.4. The first-order valence-corrected chi connectivity index (χ1v) is 18.4. The summed E-state index contributed by atoms with van der Waals surface area (Å²) in [7, 11) is -2.28. The van der Waals surface area contributed by atoms with E-state index in [9.17, 15) is 18.5 Å². The van der Waals surface area contributed by atoms with Gasteiger partial charge < -0.3 is 19.3 Å². The Morgan fingerprint density at radius 1 is 1.11 bits per heavy atom. The van der Waals surface area contributed by atoms with E-state index in [0.29, 0.717) is 60.9 Å². The fraction of sp³-hybridized carbons (Fsp3) is 0.429. The molecule has 7 nitrogen and oxygen atoms in total. The maximum absolute atomic E-state index is 16.8. The maximum Gasteiger partial charge on any atom is 0.319 e. The van der Waals surface area contributed by atoms with Gasteiger partial charge in [0.25, 0.3) is 0 Å². The summed E-state index contributed by atoms with van der Waals surface area (Å²) in [5.41, 5.74) is -0.0664. The molecule has 2 unspecified atom stereocenters. The second-order valence-electron chi connectivity index (χ2n) is 13.3. The number of benzene rings is 3. The summed E-state index contributed by atoms with van der Waals surface area (Å²) in [6, 6.07) is 8.81. The highest BCUT2D eigenvalue weighted by Crippen LogP contribution is 2.48. The zero-order valence-corrected chi connectivity index (χ0v) is 26.8. The lowest BCUT2D eigenvalue weighted by atomic mass is 9.93. The molecule has 3 fully saturated rings. The van der Waals surface area contributed by atoms with Crippen molar-refractivity contribution in [2.24, 2.45) is 0 Å². The molecule has 2 atom stereocenters. The number of rotatable bonds is 6. The van der Waals surface area contributed by atoms with Crippen molar-refractivity contribution in [3.05, 3.63) is 53.6 Å². The van der Waals surface area contributed by atoms with Gasteiger partial charge in [0.1, 0.15) is 35.7 Å². The molecule has 1 N–H and O–H groups in total. The average molecular weight is 649 g/mol. The summed E-state index contributed by atoms with van der Waals surface area (Å²) in [6.45, 7) is 6.14. The molecule has 0 aliphatic carbocycles. The minimum atomic E-state index is -2.28. The zero-order valence-electron chi connectivity index (χ0n) is 25.9. The van der Waals surface area contributed by atoms with Gasteiger partial charge in [0, 0.05) is 48.0 Å². The third kappa shape index (κ3) is 5.28. The molecule has 4 heterocycles. The number of phenols is 1. The van der Waals surface area contributed by atoms with Crippen LogP contribution in [0.5, 0.6) is 11.8 Å². The van der Waals surface area contributed by atoms with Gasteiger partial charge in [-0.15, -0.1) is 6.42 Å². The van der Waals surface area contributed by atoms with Crippen LogP contribution < -0.4 is 9.64 Å². The number of aromatic hydroxyl groups is 1. The van der Waals surface area contributed by atoms with Crippen molar-refractivity contribution in [1.82, 2.24) is 14.9 Å². The standard InChI is InChI=1S/C35H36F3N4O3P/c1-4-25-29(37)9-6-21-16-23(43)17-28(30(21)25)26-7-8-27-32(31(26)38)39-34(45-20-35-12-5-13-42(35)19-22(36)18-35)40-33(27)41-14-10-24(11-15-41)46(2,3)44/h1,6-9,16-17,22,24,43H,5,10-15,18-20H2,2-3H3. The van der Waals surface area contributed by atoms with Crippen LogP contribution in [0, 0.1) is 24.0 Å². The van der Waals surface area contributed by atoms with E-state index in [1.54, 1.807) is 12.1 Å². The molecular weight excluding hydrogens is 612 g/mol. The Morgan fingerprint density at radius 2 is 1.89 bits per heavy atom. The van der Waals surface area contributed by atoms with Gasteiger partial charge in [-0.1, -0.05) is 18.1 Å². The van der Waals surface area contributed by atoms with E-state index in [-0.39, 0.29) is 46.2 Å². The number of aromatic nitrogens is 2. The lowest BCUT2D eigenvalue weighted by molar-refractivity contribution is 0.107. The van der Waals surface area contributed by atoms with E-state index < -0.39 is 30.5 Å². The molecular formula is C35H36F3N4O3P. The largest absolute Gasteiger partial charge is 0.508 e. The molecule has 0 bridgehead atoms. The number of fused-ring (bicyclic) bond motifs is 3. The Bertz CT molecular complexity index is 1950. The van der Waals surface area contributed by atoms with Crippen molar-refractivity contribution in [1.29, 1.82) is 0 Å². The number of hydrogen-bond donors (Lipinski definition) is 1. The number of terminal acetylenes is 1. The molecule has 3 aromatic carbocycles. The number of anilines is 1. The van der Waals surface area contributed by atoms with E-state index in [2.05, 4.69) is 15.8 Å². The summed E-state index contributed by atoms with van der Waals surface area (Å²) < 4.78 is 65.1. The molecule has 0 saturated carbocycles. The molecule has 3 aliphatic rings. The van der Waals surface area contributed by atoms with Gasteiger partial charge in [0.05, 0.1) is 18.2 Å². The topological polar surface area (TPSA) is 78.8 Å². The summed E-state index contributed by atoms with van der Waals surface area (Å²) in [5.74, 6) is 1.43. The summed E-state index contributed by atoms with van der Waals surface area (Å²) in [6.07, 6.45) is 8.28. The number of alkyl halides is 1. The highest BCUT2D eigenvalue weighted by molar-refractivity contribution is 7.63. The Balaban J connectivity index is 1.35. The highest BCUT2D eigenvalue weighted by atomic mass is 31.2.